The zero-order valence-corrected chi connectivity index (χ0v) is 22.1. The van der Waals surface area contributed by atoms with Crippen molar-refractivity contribution in [2.45, 2.75) is 18.9 Å². The number of piperidine rings is 1. The third-order valence-electron chi connectivity index (χ3n) is 6.96. The number of nitriles is 1. The Morgan fingerprint density at radius 1 is 0.875 bits per heavy atom. The average Bonchev–Trinajstić information content (AvgIpc) is 3.41. The number of amides is 2. The van der Waals surface area contributed by atoms with E-state index in [1.165, 1.54) is 0 Å². The van der Waals surface area contributed by atoms with Crippen LogP contribution in [-0.4, -0.2) is 40.7 Å². The van der Waals surface area contributed by atoms with Crippen LogP contribution in [0, 0.1) is 11.3 Å². The fourth-order valence-corrected chi connectivity index (χ4v) is 4.66. The summed E-state index contributed by atoms with van der Waals surface area (Å²) in [5.74, 6) is -0.463. The summed E-state index contributed by atoms with van der Waals surface area (Å²) in [6.07, 6.45) is 3.06. The summed E-state index contributed by atoms with van der Waals surface area (Å²) in [6, 6.07) is 25.4. The Morgan fingerprint density at radius 3 is 2.17 bits per heavy atom. The lowest BCUT2D eigenvalue weighted by atomic mass is 10.1. The number of nitrogens with one attached hydrogen (secondary N) is 3. The Hall–Kier alpha value is -5.07. The molecule has 3 aromatic carbocycles. The molecule has 1 aliphatic rings. The quantitative estimate of drug-likeness (QED) is 0.262. The number of benzene rings is 3. The molecule has 9 nitrogen and oxygen atoms in total. The molecule has 0 radical (unpaired) electrons. The van der Waals surface area contributed by atoms with Gasteiger partial charge in [-0.15, -0.1) is 0 Å². The predicted molar refractivity (Wildman–Crippen MR) is 156 cm³/mol. The number of aliphatic hydroxyl groups excluding tert-OH is 1. The third-order valence-corrected chi connectivity index (χ3v) is 6.96. The van der Waals surface area contributed by atoms with E-state index in [9.17, 15) is 20.0 Å². The molecule has 0 aliphatic carbocycles. The van der Waals surface area contributed by atoms with Gasteiger partial charge >= 0.3 is 0 Å². The first-order valence-electron chi connectivity index (χ1n) is 13.1. The van der Waals surface area contributed by atoms with Gasteiger partial charge in [-0.25, -0.2) is 0 Å². The molecule has 40 heavy (non-hydrogen) atoms. The average molecular weight is 535 g/mol. The van der Waals surface area contributed by atoms with Crippen LogP contribution < -0.4 is 20.9 Å². The number of carbonyl (C=O) groups is 2. The normalized spacial score (nSPS) is 13.4. The molecule has 5 rings (SSSR count). The second-order valence-corrected chi connectivity index (χ2v) is 9.75. The molecule has 2 heterocycles. The molecule has 4 N–H and O–H groups in total. The van der Waals surface area contributed by atoms with Gasteiger partial charge in [-0.3, -0.25) is 9.59 Å². The molecule has 0 atom stereocenters. The monoisotopic (exact) mass is 534 g/mol. The Bertz CT molecular complexity index is 1550. The minimum absolute atomic E-state index is 0.198. The topological polar surface area (TPSA) is 122 Å². The van der Waals surface area contributed by atoms with Crippen molar-refractivity contribution in [2.24, 2.45) is 7.05 Å². The van der Waals surface area contributed by atoms with Crippen molar-refractivity contribution in [1.82, 2.24) is 4.57 Å². The SMILES string of the molecule is Cn1cccc1C(=O)Nc1ccc(Nc2ccc(NC(=O)c3ccc(N4CCC(O)CC4)cc3)cc2C#N)cc1. The van der Waals surface area contributed by atoms with E-state index in [-0.39, 0.29) is 17.9 Å². The molecule has 9 heteroatoms. The standard InChI is InChI=1S/C31H30N6O3/c1-36-16-2-3-29(36)31(40)34-24-8-6-23(7-9-24)33-28-13-10-25(19-22(28)20-32)35-30(39)21-4-11-26(12-5-21)37-17-14-27(38)15-18-37/h2-13,16,19,27,33,38H,14-15,17-18H2,1H3,(H,34,40)(H,35,39). The van der Waals surface area contributed by atoms with Gasteiger partial charge in [0.1, 0.15) is 11.8 Å². The molecule has 0 bridgehead atoms. The number of hydrogen-bond acceptors (Lipinski definition) is 6. The number of hydrogen-bond donors (Lipinski definition) is 4. The molecule has 1 fully saturated rings. The number of aromatic nitrogens is 1. The van der Waals surface area contributed by atoms with E-state index < -0.39 is 0 Å². The van der Waals surface area contributed by atoms with Gasteiger partial charge in [0.15, 0.2) is 0 Å². The van der Waals surface area contributed by atoms with Crippen LogP contribution in [0.2, 0.25) is 0 Å². The van der Waals surface area contributed by atoms with Crippen molar-refractivity contribution in [3.05, 3.63) is 102 Å². The van der Waals surface area contributed by atoms with Gasteiger partial charge in [-0.1, -0.05) is 0 Å². The summed E-state index contributed by atoms with van der Waals surface area (Å²) < 4.78 is 1.75. The lowest BCUT2D eigenvalue weighted by Crippen LogP contribution is -2.35. The molecule has 1 aromatic heterocycles. The number of aryl methyl sites for hydroxylation is 1. The largest absolute Gasteiger partial charge is 0.393 e. The molecule has 1 aliphatic heterocycles. The zero-order valence-electron chi connectivity index (χ0n) is 22.1. The number of anilines is 5. The van der Waals surface area contributed by atoms with Crippen molar-refractivity contribution < 1.29 is 14.7 Å². The number of rotatable bonds is 7. The first kappa shape index (κ1) is 26.5. The fourth-order valence-electron chi connectivity index (χ4n) is 4.66. The molecule has 4 aromatic rings. The van der Waals surface area contributed by atoms with E-state index in [0.717, 1.165) is 37.3 Å². The Kier molecular flexibility index (Phi) is 7.80. The maximum atomic E-state index is 12.8. The van der Waals surface area contributed by atoms with E-state index in [0.29, 0.717) is 33.9 Å². The molecular weight excluding hydrogens is 504 g/mol. The van der Waals surface area contributed by atoms with Crippen molar-refractivity contribution in [1.29, 1.82) is 5.26 Å². The Labute approximate surface area is 232 Å². The molecule has 0 saturated carbocycles. The van der Waals surface area contributed by atoms with Crippen LogP contribution in [0.1, 0.15) is 39.3 Å². The highest BCUT2D eigenvalue weighted by atomic mass is 16.3. The van der Waals surface area contributed by atoms with Crippen LogP contribution >= 0.6 is 0 Å². The van der Waals surface area contributed by atoms with Crippen molar-refractivity contribution in [2.75, 3.05) is 33.9 Å². The molecule has 202 valence electrons. The molecule has 0 spiro atoms. The van der Waals surface area contributed by atoms with Crippen LogP contribution in [0.4, 0.5) is 28.4 Å². The predicted octanol–water partition coefficient (Wildman–Crippen LogP) is 5.11. The van der Waals surface area contributed by atoms with Crippen LogP contribution in [0.5, 0.6) is 0 Å². The van der Waals surface area contributed by atoms with Gasteiger partial charge in [0.2, 0.25) is 0 Å². The minimum atomic E-state index is -0.266. The van der Waals surface area contributed by atoms with E-state index in [1.807, 2.05) is 43.6 Å². The first-order valence-corrected chi connectivity index (χ1v) is 13.1. The molecule has 2 amide bonds. The first-order chi connectivity index (χ1) is 19.4. The van der Waals surface area contributed by atoms with E-state index in [4.69, 9.17) is 0 Å². The van der Waals surface area contributed by atoms with Crippen molar-refractivity contribution >= 4 is 40.3 Å². The minimum Gasteiger partial charge on any atom is -0.393 e. The maximum absolute atomic E-state index is 12.8. The number of carbonyl (C=O) groups excluding carboxylic acids is 2. The second-order valence-electron chi connectivity index (χ2n) is 9.75. The number of nitrogens with zero attached hydrogens (tertiary/aromatic N) is 3. The fraction of sp³-hybridized carbons (Fsp3) is 0.194. The summed E-state index contributed by atoms with van der Waals surface area (Å²) in [5, 5.41) is 28.4. The van der Waals surface area contributed by atoms with Crippen LogP contribution in [-0.2, 0) is 7.05 Å². The van der Waals surface area contributed by atoms with E-state index in [2.05, 4.69) is 26.9 Å². The van der Waals surface area contributed by atoms with Crippen molar-refractivity contribution in [3.8, 4) is 6.07 Å². The summed E-state index contributed by atoms with van der Waals surface area (Å²) in [7, 11) is 1.81. The summed E-state index contributed by atoms with van der Waals surface area (Å²) in [6.45, 7) is 1.58. The smallest absolute Gasteiger partial charge is 0.272 e. The third kappa shape index (κ3) is 6.14. The highest BCUT2D eigenvalue weighted by Gasteiger charge is 2.18. The Balaban J connectivity index is 1.20. The van der Waals surface area contributed by atoms with Gasteiger partial charge < -0.3 is 30.5 Å². The van der Waals surface area contributed by atoms with Gasteiger partial charge in [0.25, 0.3) is 11.8 Å². The van der Waals surface area contributed by atoms with Gasteiger partial charge in [0, 0.05) is 54.6 Å². The Morgan fingerprint density at radius 2 is 1.52 bits per heavy atom. The number of aliphatic hydroxyl groups is 1. The van der Waals surface area contributed by atoms with E-state index in [1.54, 1.807) is 53.1 Å². The highest BCUT2D eigenvalue weighted by molar-refractivity contribution is 6.05. The molecule has 0 unspecified atom stereocenters. The lowest BCUT2D eigenvalue weighted by Gasteiger charge is -2.31. The summed E-state index contributed by atoms with van der Waals surface area (Å²) >= 11 is 0. The maximum Gasteiger partial charge on any atom is 0.272 e. The second kappa shape index (κ2) is 11.8. The van der Waals surface area contributed by atoms with Gasteiger partial charge in [-0.2, -0.15) is 5.26 Å². The lowest BCUT2D eigenvalue weighted by molar-refractivity contribution is 0.101. The molecule has 1 saturated heterocycles. The molecular formula is C31H30N6O3. The van der Waals surface area contributed by atoms with E-state index >= 15 is 0 Å². The zero-order chi connectivity index (χ0) is 28.1. The van der Waals surface area contributed by atoms with Crippen LogP contribution in [0.3, 0.4) is 0 Å². The van der Waals surface area contributed by atoms with Gasteiger partial charge in [-0.05, 0) is 91.7 Å². The highest BCUT2D eigenvalue weighted by Crippen LogP contribution is 2.26. The van der Waals surface area contributed by atoms with Crippen LogP contribution in [0.15, 0.2) is 85.1 Å². The van der Waals surface area contributed by atoms with Crippen molar-refractivity contribution in [3.63, 3.8) is 0 Å². The summed E-state index contributed by atoms with van der Waals surface area (Å²) in [5.41, 5.74) is 4.98. The van der Waals surface area contributed by atoms with Gasteiger partial charge in [0.05, 0.1) is 17.4 Å². The summed E-state index contributed by atoms with van der Waals surface area (Å²) in [4.78, 5) is 27.5. The van der Waals surface area contributed by atoms with Crippen LogP contribution in [0.25, 0.3) is 0 Å².